The molecule has 6 nitrogen and oxygen atoms in total. The van der Waals surface area contributed by atoms with Gasteiger partial charge in [-0.15, -0.1) is 0 Å². The van der Waals surface area contributed by atoms with E-state index in [1.54, 1.807) is 4.90 Å². The zero-order valence-corrected chi connectivity index (χ0v) is 15.5. The van der Waals surface area contributed by atoms with Crippen LogP contribution in [-0.4, -0.2) is 53.5 Å². The molecule has 0 atom stereocenters. The lowest BCUT2D eigenvalue weighted by molar-refractivity contribution is -0.131. The highest BCUT2D eigenvalue weighted by Crippen LogP contribution is 2.15. The number of benzene rings is 1. The molecule has 1 aromatic rings. The van der Waals surface area contributed by atoms with Crippen molar-refractivity contribution in [3.05, 3.63) is 35.9 Å². The average molecular weight is 347 g/mol. The van der Waals surface area contributed by atoms with Crippen molar-refractivity contribution in [2.45, 2.75) is 45.6 Å². The van der Waals surface area contributed by atoms with Crippen molar-refractivity contribution in [2.24, 2.45) is 0 Å². The van der Waals surface area contributed by atoms with Gasteiger partial charge in [0.2, 0.25) is 0 Å². The molecule has 1 fully saturated rings. The van der Waals surface area contributed by atoms with E-state index >= 15 is 0 Å². The number of hydroxylamine groups is 1. The first kappa shape index (κ1) is 19.2. The summed E-state index contributed by atoms with van der Waals surface area (Å²) in [7, 11) is 0. The van der Waals surface area contributed by atoms with Gasteiger partial charge in [0.1, 0.15) is 0 Å². The largest absolute Gasteiger partial charge is 0.434 e. The Bertz CT molecular complexity index is 563. The summed E-state index contributed by atoms with van der Waals surface area (Å²) >= 11 is 0. The molecule has 1 heterocycles. The van der Waals surface area contributed by atoms with E-state index in [1.165, 1.54) is 0 Å². The maximum atomic E-state index is 12.4. The first-order chi connectivity index (χ1) is 11.9. The second-order valence-corrected chi connectivity index (χ2v) is 7.43. The minimum absolute atomic E-state index is 0.271. The van der Waals surface area contributed by atoms with E-state index in [1.807, 2.05) is 51.1 Å². The number of hydrogen-bond acceptors (Lipinski definition) is 4. The molecule has 0 unspecified atom stereocenters. The fraction of sp³-hybridized carbons (Fsp3) is 0.579. The molecule has 6 heteroatoms. The standard InChI is InChI=1S/C19H29N3O3/c1-19(2,3)22(14-11-16-9-5-4-6-10-16)18(24)25-20-17(23)15-21-12-7-8-13-21/h4-6,9-10H,7-8,11-15H2,1-3H3,(H,20,23). The number of likely N-dealkylation sites (tertiary alicyclic amines) is 1. The Balaban J connectivity index is 1.84. The van der Waals surface area contributed by atoms with Crippen molar-refractivity contribution >= 4 is 12.0 Å². The smallest absolute Gasteiger partial charge is 0.321 e. The number of hydrogen-bond donors (Lipinski definition) is 1. The van der Waals surface area contributed by atoms with E-state index in [2.05, 4.69) is 10.4 Å². The van der Waals surface area contributed by atoms with Crippen molar-refractivity contribution in [1.82, 2.24) is 15.3 Å². The zero-order chi connectivity index (χ0) is 18.3. The highest BCUT2D eigenvalue weighted by Gasteiger charge is 2.28. The van der Waals surface area contributed by atoms with E-state index in [0.29, 0.717) is 6.54 Å². The summed E-state index contributed by atoms with van der Waals surface area (Å²) in [6.07, 6.45) is 2.43. The van der Waals surface area contributed by atoms with Gasteiger partial charge in [0.15, 0.2) is 0 Å². The molecule has 1 aliphatic rings. The first-order valence-corrected chi connectivity index (χ1v) is 8.90. The molecule has 0 saturated carbocycles. The molecule has 25 heavy (non-hydrogen) atoms. The lowest BCUT2D eigenvalue weighted by Gasteiger charge is -2.34. The molecule has 1 saturated heterocycles. The highest BCUT2D eigenvalue weighted by molar-refractivity contribution is 5.79. The van der Waals surface area contributed by atoms with Gasteiger partial charge in [0.05, 0.1) is 6.54 Å². The highest BCUT2D eigenvalue weighted by atomic mass is 16.7. The van der Waals surface area contributed by atoms with Gasteiger partial charge in [-0.1, -0.05) is 30.3 Å². The summed E-state index contributed by atoms with van der Waals surface area (Å²) in [5.41, 5.74) is 3.05. The Morgan fingerprint density at radius 1 is 1.16 bits per heavy atom. The SMILES string of the molecule is CC(C)(C)N(CCc1ccccc1)C(=O)ONC(=O)CN1CCCC1. The second kappa shape index (κ2) is 8.85. The van der Waals surface area contributed by atoms with Crippen LogP contribution in [0.25, 0.3) is 0 Å². The molecular formula is C19H29N3O3. The number of rotatable bonds is 5. The van der Waals surface area contributed by atoms with Crippen LogP contribution in [0.1, 0.15) is 39.2 Å². The molecule has 0 spiro atoms. The number of amides is 2. The predicted molar refractivity (Wildman–Crippen MR) is 96.9 cm³/mol. The summed E-state index contributed by atoms with van der Waals surface area (Å²) in [6, 6.07) is 9.99. The first-order valence-electron chi connectivity index (χ1n) is 8.90. The van der Waals surface area contributed by atoms with Crippen LogP contribution in [-0.2, 0) is 16.1 Å². The average Bonchev–Trinajstić information content (AvgIpc) is 3.06. The van der Waals surface area contributed by atoms with E-state index in [-0.39, 0.29) is 12.5 Å². The van der Waals surface area contributed by atoms with Crippen LogP contribution in [0, 0.1) is 0 Å². The van der Waals surface area contributed by atoms with Crippen LogP contribution in [0.4, 0.5) is 4.79 Å². The molecular weight excluding hydrogens is 318 g/mol. The fourth-order valence-corrected chi connectivity index (χ4v) is 2.92. The number of nitrogens with zero attached hydrogens (tertiary/aromatic N) is 2. The molecule has 0 aromatic heterocycles. The van der Waals surface area contributed by atoms with Gasteiger partial charge >= 0.3 is 6.09 Å². The van der Waals surface area contributed by atoms with Crippen LogP contribution in [0.3, 0.4) is 0 Å². The number of nitrogens with one attached hydrogen (secondary N) is 1. The Labute approximate surface area is 150 Å². The number of carbonyl (C=O) groups excluding carboxylic acids is 2. The van der Waals surface area contributed by atoms with Crippen LogP contribution in [0.15, 0.2) is 30.3 Å². The Hall–Kier alpha value is -2.08. The van der Waals surface area contributed by atoms with Gasteiger partial charge in [-0.2, -0.15) is 5.48 Å². The third-order valence-corrected chi connectivity index (χ3v) is 4.32. The van der Waals surface area contributed by atoms with Gasteiger partial charge in [-0.3, -0.25) is 9.69 Å². The van der Waals surface area contributed by atoms with E-state index in [4.69, 9.17) is 4.84 Å². The van der Waals surface area contributed by atoms with Crippen LogP contribution < -0.4 is 5.48 Å². The number of carbonyl (C=O) groups is 2. The molecule has 138 valence electrons. The summed E-state index contributed by atoms with van der Waals surface area (Å²) in [4.78, 5) is 33.1. The van der Waals surface area contributed by atoms with Crippen molar-refractivity contribution in [3.63, 3.8) is 0 Å². The minimum atomic E-state index is -0.529. The van der Waals surface area contributed by atoms with Gasteiger partial charge < -0.3 is 9.74 Å². The van der Waals surface area contributed by atoms with E-state index < -0.39 is 11.6 Å². The van der Waals surface area contributed by atoms with Crippen molar-refractivity contribution in [1.29, 1.82) is 0 Å². The molecule has 0 aliphatic carbocycles. The van der Waals surface area contributed by atoms with Gasteiger partial charge in [0.25, 0.3) is 5.91 Å². The summed E-state index contributed by atoms with van der Waals surface area (Å²) in [5.74, 6) is -0.285. The molecule has 1 aliphatic heterocycles. The monoisotopic (exact) mass is 347 g/mol. The minimum Gasteiger partial charge on any atom is -0.321 e. The summed E-state index contributed by atoms with van der Waals surface area (Å²) < 4.78 is 0. The second-order valence-electron chi connectivity index (χ2n) is 7.43. The molecule has 1 N–H and O–H groups in total. The predicted octanol–water partition coefficient (Wildman–Crippen LogP) is 2.59. The van der Waals surface area contributed by atoms with Crippen molar-refractivity contribution in [3.8, 4) is 0 Å². The van der Waals surface area contributed by atoms with E-state index in [0.717, 1.165) is 37.9 Å². The van der Waals surface area contributed by atoms with E-state index in [9.17, 15) is 9.59 Å². The molecule has 0 radical (unpaired) electrons. The van der Waals surface area contributed by atoms with Crippen LogP contribution in [0.2, 0.25) is 0 Å². The Kier molecular flexibility index (Phi) is 6.82. The lowest BCUT2D eigenvalue weighted by Crippen LogP contribution is -2.49. The lowest BCUT2D eigenvalue weighted by atomic mass is 10.1. The van der Waals surface area contributed by atoms with Crippen molar-refractivity contribution in [2.75, 3.05) is 26.2 Å². The Morgan fingerprint density at radius 3 is 2.40 bits per heavy atom. The third kappa shape index (κ3) is 6.38. The molecule has 1 aromatic carbocycles. The normalized spacial score (nSPS) is 15.0. The maximum Gasteiger partial charge on any atom is 0.434 e. The summed E-state index contributed by atoms with van der Waals surface area (Å²) in [5, 5.41) is 0. The summed E-state index contributed by atoms with van der Waals surface area (Å²) in [6.45, 7) is 8.49. The van der Waals surface area contributed by atoms with Gasteiger partial charge in [-0.05, 0) is 58.7 Å². The quantitative estimate of drug-likeness (QED) is 0.832. The third-order valence-electron chi connectivity index (χ3n) is 4.32. The molecule has 2 rings (SSSR count). The van der Waals surface area contributed by atoms with Crippen LogP contribution in [0.5, 0.6) is 0 Å². The van der Waals surface area contributed by atoms with Crippen molar-refractivity contribution < 1.29 is 14.4 Å². The zero-order valence-electron chi connectivity index (χ0n) is 15.5. The molecule has 0 bridgehead atoms. The maximum absolute atomic E-state index is 12.4. The van der Waals surface area contributed by atoms with Gasteiger partial charge in [0, 0.05) is 12.1 Å². The topological polar surface area (TPSA) is 61.9 Å². The fourth-order valence-electron chi connectivity index (χ4n) is 2.92. The van der Waals surface area contributed by atoms with Crippen LogP contribution >= 0.6 is 0 Å². The molecule has 2 amide bonds. The Morgan fingerprint density at radius 2 is 1.80 bits per heavy atom. The van der Waals surface area contributed by atoms with Gasteiger partial charge in [-0.25, -0.2) is 4.79 Å².